The molecule has 4 nitrogen and oxygen atoms in total. The van der Waals surface area contributed by atoms with Crippen molar-refractivity contribution >= 4 is 11.6 Å². The summed E-state index contributed by atoms with van der Waals surface area (Å²) >= 11 is 0. The summed E-state index contributed by atoms with van der Waals surface area (Å²) in [5, 5.41) is 0. The van der Waals surface area contributed by atoms with Crippen LogP contribution in [-0.2, 0) is 11.3 Å². The maximum absolute atomic E-state index is 12.4. The molecule has 1 rings (SSSR count). The lowest BCUT2D eigenvalue weighted by molar-refractivity contribution is -0.135. The lowest BCUT2D eigenvalue weighted by Crippen LogP contribution is -2.34. The highest BCUT2D eigenvalue weighted by Gasteiger charge is 2.18. The molecule has 0 heterocycles. The number of hydrogen-bond donors (Lipinski definition) is 1. The Balaban J connectivity index is 2.66. The zero-order valence-electron chi connectivity index (χ0n) is 13.8. The number of hydrogen-bond acceptors (Lipinski definition) is 3. The van der Waals surface area contributed by atoms with Crippen LogP contribution >= 0.6 is 0 Å². The number of carbonyl (C=O) groups excluding carboxylic acids is 1. The standard InChI is InChI=1S/C17H29N3O/c1-5-20(17(21)14(2)7-6-12-18)13-15-8-10-16(11-9-15)19(3)4/h8-11,14H,5-7,12-13,18H2,1-4H3. The fourth-order valence-corrected chi connectivity index (χ4v) is 2.32. The third-order valence-corrected chi connectivity index (χ3v) is 3.78. The number of amides is 1. The fraction of sp³-hybridized carbons (Fsp3) is 0.588. The normalized spacial score (nSPS) is 12.0. The third-order valence-electron chi connectivity index (χ3n) is 3.78. The molecule has 2 N–H and O–H groups in total. The van der Waals surface area contributed by atoms with Gasteiger partial charge in [-0.3, -0.25) is 4.79 Å². The minimum atomic E-state index is 0.0505. The third kappa shape index (κ3) is 5.38. The van der Waals surface area contributed by atoms with Gasteiger partial charge in [-0.15, -0.1) is 0 Å². The summed E-state index contributed by atoms with van der Waals surface area (Å²) in [4.78, 5) is 16.4. The van der Waals surface area contributed by atoms with Gasteiger partial charge in [0.1, 0.15) is 0 Å². The van der Waals surface area contributed by atoms with Crippen LogP contribution in [0.4, 0.5) is 5.69 Å². The van der Waals surface area contributed by atoms with Crippen LogP contribution in [0.3, 0.4) is 0 Å². The molecular weight excluding hydrogens is 262 g/mol. The van der Waals surface area contributed by atoms with Crippen molar-refractivity contribution in [3.63, 3.8) is 0 Å². The first kappa shape index (κ1) is 17.5. The Labute approximate surface area is 128 Å². The molecule has 1 aromatic carbocycles. The van der Waals surface area contributed by atoms with Gasteiger partial charge >= 0.3 is 0 Å². The van der Waals surface area contributed by atoms with Crippen LogP contribution in [0.25, 0.3) is 0 Å². The quantitative estimate of drug-likeness (QED) is 0.800. The first-order valence-corrected chi connectivity index (χ1v) is 7.74. The van der Waals surface area contributed by atoms with Gasteiger partial charge in [-0.2, -0.15) is 0 Å². The Morgan fingerprint density at radius 2 is 1.86 bits per heavy atom. The van der Waals surface area contributed by atoms with E-state index in [2.05, 4.69) is 29.2 Å². The maximum atomic E-state index is 12.4. The maximum Gasteiger partial charge on any atom is 0.225 e. The summed E-state index contributed by atoms with van der Waals surface area (Å²) in [7, 11) is 4.05. The lowest BCUT2D eigenvalue weighted by atomic mass is 10.0. The van der Waals surface area contributed by atoms with Crippen molar-refractivity contribution < 1.29 is 4.79 Å². The summed E-state index contributed by atoms with van der Waals surface area (Å²) in [5.74, 6) is 0.275. The van der Waals surface area contributed by atoms with Gasteiger partial charge in [-0.25, -0.2) is 0 Å². The van der Waals surface area contributed by atoms with Crippen LogP contribution in [0.2, 0.25) is 0 Å². The molecule has 1 amide bonds. The smallest absolute Gasteiger partial charge is 0.225 e. The number of carbonyl (C=O) groups is 1. The predicted molar refractivity (Wildman–Crippen MR) is 89.3 cm³/mol. The van der Waals surface area contributed by atoms with Gasteiger partial charge in [0, 0.05) is 38.8 Å². The van der Waals surface area contributed by atoms with Crippen molar-refractivity contribution in [2.75, 3.05) is 32.1 Å². The zero-order chi connectivity index (χ0) is 15.8. The highest BCUT2D eigenvalue weighted by Crippen LogP contribution is 2.16. The molecule has 1 unspecified atom stereocenters. The molecule has 0 radical (unpaired) electrons. The van der Waals surface area contributed by atoms with E-state index in [0.29, 0.717) is 13.1 Å². The topological polar surface area (TPSA) is 49.6 Å². The largest absolute Gasteiger partial charge is 0.378 e. The molecule has 0 saturated heterocycles. The van der Waals surface area contributed by atoms with Crippen LogP contribution in [0.1, 0.15) is 32.3 Å². The van der Waals surface area contributed by atoms with Gasteiger partial charge in [-0.05, 0) is 44.0 Å². The molecule has 1 aromatic rings. The molecule has 0 spiro atoms. The Kier molecular flexibility index (Phi) is 7.23. The molecule has 4 heteroatoms. The van der Waals surface area contributed by atoms with Crippen LogP contribution in [0.15, 0.2) is 24.3 Å². The van der Waals surface area contributed by atoms with Crippen molar-refractivity contribution in [2.24, 2.45) is 11.7 Å². The van der Waals surface area contributed by atoms with E-state index >= 15 is 0 Å². The van der Waals surface area contributed by atoms with E-state index in [0.717, 1.165) is 19.4 Å². The molecule has 118 valence electrons. The first-order valence-electron chi connectivity index (χ1n) is 7.74. The average Bonchev–Trinajstić information content (AvgIpc) is 2.49. The first-order chi connectivity index (χ1) is 9.99. The number of nitrogens with zero attached hydrogens (tertiary/aromatic N) is 2. The SMILES string of the molecule is CCN(Cc1ccc(N(C)C)cc1)C(=O)C(C)CCCN. The minimum absolute atomic E-state index is 0.0505. The van der Waals surface area contributed by atoms with Crippen molar-refractivity contribution in [2.45, 2.75) is 33.2 Å². The van der Waals surface area contributed by atoms with E-state index in [4.69, 9.17) is 5.73 Å². The molecule has 0 bridgehead atoms. The lowest BCUT2D eigenvalue weighted by Gasteiger charge is -2.25. The summed E-state index contributed by atoms with van der Waals surface area (Å²) in [6.45, 7) is 6.09. The number of anilines is 1. The van der Waals surface area contributed by atoms with E-state index in [9.17, 15) is 4.79 Å². The summed E-state index contributed by atoms with van der Waals surface area (Å²) in [5.41, 5.74) is 7.86. The number of benzene rings is 1. The second-order valence-electron chi connectivity index (χ2n) is 5.75. The second kappa shape index (κ2) is 8.67. The highest BCUT2D eigenvalue weighted by atomic mass is 16.2. The molecule has 1 atom stereocenters. The van der Waals surface area contributed by atoms with Gasteiger partial charge in [-0.1, -0.05) is 19.1 Å². The second-order valence-corrected chi connectivity index (χ2v) is 5.75. The van der Waals surface area contributed by atoms with Crippen molar-refractivity contribution in [1.29, 1.82) is 0 Å². The molecule has 21 heavy (non-hydrogen) atoms. The monoisotopic (exact) mass is 291 g/mol. The summed E-state index contributed by atoms with van der Waals surface area (Å²) in [6, 6.07) is 8.36. The van der Waals surface area contributed by atoms with Crippen molar-refractivity contribution in [1.82, 2.24) is 4.90 Å². The zero-order valence-corrected chi connectivity index (χ0v) is 13.8. The van der Waals surface area contributed by atoms with Gasteiger partial charge in [0.2, 0.25) is 5.91 Å². The van der Waals surface area contributed by atoms with Gasteiger partial charge in [0.05, 0.1) is 0 Å². The van der Waals surface area contributed by atoms with E-state index < -0.39 is 0 Å². The van der Waals surface area contributed by atoms with Crippen LogP contribution < -0.4 is 10.6 Å². The van der Waals surface area contributed by atoms with Crippen LogP contribution in [0.5, 0.6) is 0 Å². The van der Waals surface area contributed by atoms with E-state index in [-0.39, 0.29) is 11.8 Å². The number of rotatable bonds is 8. The van der Waals surface area contributed by atoms with Gasteiger partial charge in [0.15, 0.2) is 0 Å². The highest BCUT2D eigenvalue weighted by molar-refractivity contribution is 5.78. The predicted octanol–water partition coefficient (Wildman–Crippen LogP) is 2.48. The fourth-order valence-electron chi connectivity index (χ4n) is 2.32. The Bertz CT molecular complexity index is 428. The van der Waals surface area contributed by atoms with Crippen LogP contribution in [-0.4, -0.2) is 38.0 Å². The van der Waals surface area contributed by atoms with Gasteiger partial charge in [0.25, 0.3) is 0 Å². The van der Waals surface area contributed by atoms with Crippen molar-refractivity contribution in [3.05, 3.63) is 29.8 Å². The molecule has 0 aliphatic rings. The molecule has 0 aromatic heterocycles. The summed E-state index contributed by atoms with van der Waals surface area (Å²) < 4.78 is 0. The molecular formula is C17H29N3O. The van der Waals surface area contributed by atoms with E-state index in [1.165, 1.54) is 11.3 Å². The Morgan fingerprint density at radius 1 is 1.24 bits per heavy atom. The minimum Gasteiger partial charge on any atom is -0.378 e. The molecule has 0 fully saturated rings. The Morgan fingerprint density at radius 3 is 2.33 bits per heavy atom. The van der Waals surface area contributed by atoms with E-state index in [1.54, 1.807) is 0 Å². The molecule has 0 saturated carbocycles. The molecule has 0 aliphatic carbocycles. The summed E-state index contributed by atoms with van der Waals surface area (Å²) in [6.07, 6.45) is 1.77. The Hall–Kier alpha value is -1.55. The molecule has 0 aliphatic heterocycles. The number of nitrogens with two attached hydrogens (primary N) is 1. The van der Waals surface area contributed by atoms with Crippen molar-refractivity contribution in [3.8, 4) is 0 Å². The van der Waals surface area contributed by atoms with Crippen LogP contribution in [0, 0.1) is 5.92 Å². The van der Waals surface area contributed by atoms with E-state index in [1.807, 2.05) is 32.8 Å². The average molecular weight is 291 g/mol. The van der Waals surface area contributed by atoms with Gasteiger partial charge < -0.3 is 15.5 Å².